The summed E-state index contributed by atoms with van der Waals surface area (Å²) in [4.78, 5) is 10.7. The van der Waals surface area contributed by atoms with Crippen LogP contribution in [0.2, 0.25) is 0 Å². The van der Waals surface area contributed by atoms with Crippen LogP contribution in [0.15, 0.2) is 30.3 Å². The summed E-state index contributed by atoms with van der Waals surface area (Å²) in [6, 6.07) is 9.95. The zero-order valence-corrected chi connectivity index (χ0v) is 11.8. The van der Waals surface area contributed by atoms with E-state index >= 15 is 0 Å². The molecule has 0 aliphatic heterocycles. The van der Waals surface area contributed by atoms with Gasteiger partial charge in [0, 0.05) is 11.5 Å². The molecular weight excluding hydrogens is 238 g/mol. The molecule has 1 heterocycles. The van der Waals surface area contributed by atoms with Gasteiger partial charge in [0.15, 0.2) is 0 Å². The van der Waals surface area contributed by atoms with Gasteiger partial charge in [-0.25, -0.2) is 4.68 Å². The lowest BCUT2D eigenvalue weighted by Gasteiger charge is -2.14. The smallest absolute Gasteiger partial charge is 0.212 e. The minimum Gasteiger partial charge on any atom is -0.313 e. The topological polar surface area (TPSA) is 46.9 Å². The van der Waals surface area contributed by atoms with Crippen LogP contribution < -0.4 is 5.32 Å². The molecular formula is C15H19N3O. The van der Waals surface area contributed by atoms with Crippen LogP contribution in [0.25, 0.3) is 5.69 Å². The molecule has 1 amide bonds. The molecule has 1 aromatic heterocycles. The lowest BCUT2D eigenvalue weighted by Crippen LogP contribution is -2.12. The Morgan fingerprint density at radius 1 is 1.21 bits per heavy atom. The van der Waals surface area contributed by atoms with Gasteiger partial charge in [-0.1, -0.05) is 38.5 Å². The largest absolute Gasteiger partial charge is 0.313 e. The lowest BCUT2D eigenvalue weighted by atomic mass is 9.92. The van der Waals surface area contributed by atoms with Crippen molar-refractivity contribution < 1.29 is 4.79 Å². The predicted octanol–water partition coefficient (Wildman–Crippen LogP) is 3.05. The van der Waals surface area contributed by atoms with E-state index in [-0.39, 0.29) is 5.41 Å². The van der Waals surface area contributed by atoms with Crippen molar-refractivity contribution in [1.29, 1.82) is 0 Å². The van der Waals surface area contributed by atoms with Crippen molar-refractivity contribution >= 4 is 12.2 Å². The minimum absolute atomic E-state index is 0.0603. The molecule has 1 N–H and O–H groups in total. The van der Waals surface area contributed by atoms with E-state index in [1.54, 1.807) is 4.68 Å². The highest BCUT2D eigenvalue weighted by molar-refractivity contribution is 5.70. The molecule has 0 aliphatic rings. The van der Waals surface area contributed by atoms with E-state index in [0.717, 1.165) is 11.4 Å². The number of rotatable bonds is 3. The Morgan fingerprint density at radius 2 is 1.84 bits per heavy atom. The molecule has 2 aromatic rings. The van der Waals surface area contributed by atoms with Gasteiger partial charge >= 0.3 is 0 Å². The third-order valence-electron chi connectivity index (χ3n) is 2.96. The fourth-order valence-corrected chi connectivity index (χ4v) is 1.79. The van der Waals surface area contributed by atoms with E-state index < -0.39 is 0 Å². The summed E-state index contributed by atoms with van der Waals surface area (Å²) in [7, 11) is 0. The number of benzene rings is 1. The molecule has 1 aromatic carbocycles. The van der Waals surface area contributed by atoms with E-state index in [0.29, 0.717) is 12.2 Å². The molecule has 0 saturated heterocycles. The number of aryl methyl sites for hydroxylation is 1. The summed E-state index contributed by atoms with van der Waals surface area (Å²) in [5, 5.41) is 7.30. The average molecular weight is 257 g/mol. The van der Waals surface area contributed by atoms with E-state index in [4.69, 9.17) is 0 Å². The van der Waals surface area contributed by atoms with Gasteiger partial charge in [-0.2, -0.15) is 5.10 Å². The number of carbonyl (C=O) groups is 1. The summed E-state index contributed by atoms with van der Waals surface area (Å²) < 4.78 is 1.76. The van der Waals surface area contributed by atoms with Gasteiger partial charge in [0.25, 0.3) is 0 Å². The number of hydrogen-bond donors (Lipinski definition) is 1. The minimum atomic E-state index is -0.0603. The number of hydrogen-bond acceptors (Lipinski definition) is 2. The summed E-state index contributed by atoms with van der Waals surface area (Å²) in [6.07, 6.45) is 0.675. The van der Waals surface area contributed by atoms with Crippen LogP contribution >= 0.6 is 0 Å². The van der Waals surface area contributed by atoms with Crippen LogP contribution in [-0.4, -0.2) is 16.2 Å². The molecule has 4 nitrogen and oxygen atoms in total. The molecule has 0 saturated carbocycles. The fraction of sp³-hybridized carbons (Fsp3) is 0.333. The highest BCUT2D eigenvalue weighted by Crippen LogP contribution is 2.26. The Kier molecular flexibility index (Phi) is 3.42. The van der Waals surface area contributed by atoms with Crippen molar-refractivity contribution in [3.63, 3.8) is 0 Å². The number of carbonyl (C=O) groups excluding carboxylic acids is 1. The van der Waals surface area contributed by atoms with Gasteiger partial charge < -0.3 is 5.32 Å². The number of amides is 1. The van der Waals surface area contributed by atoms with Crippen LogP contribution in [-0.2, 0) is 10.2 Å². The van der Waals surface area contributed by atoms with Crippen LogP contribution in [0.4, 0.5) is 5.82 Å². The number of nitrogens with one attached hydrogen (secondary N) is 1. The number of nitrogens with zero attached hydrogens (tertiary/aromatic N) is 2. The first-order chi connectivity index (χ1) is 8.91. The monoisotopic (exact) mass is 257 g/mol. The van der Waals surface area contributed by atoms with E-state index in [9.17, 15) is 4.79 Å². The summed E-state index contributed by atoms with van der Waals surface area (Å²) in [6.45, 7) is 8.33. The molecule has 100 valence electrons. The Morgan fingerprint density at radius 3 is 2.37 bits per heavy atom. The molecule has 19 heavy (non-hydrogen) atoms. The Labute approximate surface area is 113 Å². The van der Waals surface area contributed by atoms with Gasteiger partial charge in [-0.05, 0) is 19.1 Å². The maximum Gasteiger partial charge on any atom is 0.212 e. The normalized spacial score (nSPS) is 11.4. The van der Waals surface area contributed by atoms with Crippen molar-refractivity contribution in [1.82, 2.24) is 9.78 Å². The molecule has 0 spiro atoms. The zero-order chi connectivity index (χ0) is 14.0. The zero-order valence-electron chi connectivity index (χ0n) is 11.8. The van der Waals surface area contributed by atoms with Crippen LogP contribution in [0.3, 0.4) is 0 Å². The van der Waals surface area contributed by atoms with Crippen LogP contribution in [0, 0.1) is 6.92 Å². The van der Waals surface area contributed by atoms with Crippen molar-refractivity contribution in [3.05, 3.63) is 41.6 Å². The quantitative estimate of drug-likeness (QED) is 0.859. The molecule has 2 rings (SSSR count). The van der Waals surface area contributed by atoms with Crippen molar-refractivity contribution in [2.24, 2.45) is 0 Å². The molecule has 0 aliphatic carbocycles. The van der Waals surface area contributed by atoms with Crippen molar-refractivity contribution in [3.8, 4) is 5.69 Å². The maximum absolute atomic E-state index is 10.7. The highest BCUT2D eigenvalue weighted by atomic mass is 16.1. The van der Waals surface area contributed by atoms with E-state index in [2.05, 4.69) is 31.2 Å². The second-order valence-electron chi connectivity index (χ2n) is 5.67. The molecule has 4 heteroatoms. The second kappa shape index (κ2) is 4.88. The first kappa shape index (κ1) is 13.3. The van der Waals surface area contributed by atoms with Gasteiger partial charge in [-0.15, -0.1) is 0 Å². The third kappa shape index (κ3) is 2.84. The first-order valence-corrected chi connectivity index (χ1v) is 6.29. The summed E-state index contributed by atoms with van der Waals surface area (Å²) in [5.41, 5.74) is 3.01. The standard InChI is InChI=1S/C15H19N3O/c1-11-5-7-12(8-6-11)18-14(16-10-19)9-13(17-18)15(2,3)4/h5-10H,1-4H3,(H,16,19). The molecule has 0 unspecified atom stereocenters. The Bertz CT molecular complexity index is 576. The summed E-state index contributed by atoms with van der Waals surface area (Å²) >= 11 is 0. The second-order valence-corrected chi connectivity index (χ2v) is 5.67. The third-order valence-corrected chi connectivity index (χ3v) is 2.96. The van der Waals surface area contributed by atoms with Crippen LogP contribution in [0.5, 0.6) is 0 Å². The Hall–Kier alpha value is -2.10. The molecule has 0 atom stereocenters. The fourth-order valence-electron chi connectivity index (χ4n) is 1.79. The SMILES string of the molecule is Cc1ccc(-n2nc(C(C)(C)C)cc2NC=O)cc1. The highest BCUT2D eigenvalue weighted by Gasteiger charge is 2.20. The lowest BCUT2D eigenvalue weighted by molar-refractivity contribution is -0.105. The molecule has 0 fully saturated rings. The van der Waals surface area contributed by atoms with Gasteiger partial charge in [0.1, 0.15) is 5.82 Å². The molecule has 0 radical (unpaired) electrons. The maximum atomic E-state index is 10.7. The Balaban J connectivity index is 2.51. The molecule has 0 bridgehead atoms. The van der Waals surface area contributed by atoms with E-state index in [1.807, 2.05) is 37.3 Å². The average Bonchev–Trinajstić information content (AvgIpc) is 2.74. The van der Waals surface area contributed by atoms with Gasteiger partial charge in [0.05, 0.1) is 11.4 Å². The van der Waals surface area contributed by atoms with Crippen molar-refractivity contribution in [2.45, 2.75) is 33.1 Å². The summed E-state index contributed by atoms with van der Waals surface area (Å²) in [5.74, 6) is 0.684. The van der Waals surface area contributed by atoms with Crippen molar-refractivity contribution in [2.75, 3.05) is 5.32 Å². The predicted molar refractivity (Wildman–Crippen MR) is 76.7 cm³/mol. The number of anilines is 1. The van der Waals surface area contributed by atoms with Gasteiger partial charge in [-0.3, -0.25) is 4.79 Å². The first-order valence-electron chi connectivity index (χ1n) is 6.29. The van der Waals surface area contributed by atoms with Crippen LogP contribution in [0.1, 0.15) is 32.0 Å². The van der Waals surface area contributed by atoms with E-state index in [1.165, 1.54) is 5.56 Å². The number of aromatic nitrogens is 2. The van der Waals surface area contributed by atoms with Gasteiger partial charge in [0.2, 0.25) is 6.41 Å².